The summed E-state index contributed by atoms with van der Waals surface area (Å²) in [6, 6.07) is 20.3. The van der Waals surface area contributed by atoms with Gasteiger partial charge in [-0.15, -0.1) is 0 Å². The normalized spacial score (nSPS) is 11.1. The van der Waals surface area contributed by atoms with Crippen LogP contribution in [-0.2, 0) is 0 Å². The lowest BCUT2D eigenvalue weighted by Crippen LogP contribution is -2.37. The fraction of sp³-hybridized carbons (Fsp3) is 0.333. The van der Waals surface area contributed by atoms with E-state index in [0.717, 1.165) is 0 Å². The van der Waals surface area contributed by atoms with Gasteiger partial charge in [0.25, 0.3) is 0 Å². The van der Waals surface area contributed by atoms with E-state index >= 15 is 0 Å². The van der Waals surface area contributed by atoms with E-state index in [0.29, 0.717) is 12.1 Å². The molecule has 0 unspecified atom stereocenters. The van der Waals surface area contributed by atoms with Crippen molar-refractivity contribution in [2.75, 3.05) is 4.90 Å². The molecule has 2 aromatic rings. The minimum atomic E-state index is 0.491. The van der Waals surface area contributed by atoms with Gasteiger partial charge in [0.2, 0.25) is 0 Å². The molecule has 2 rings (SSSR count). The summed E-state index contributed by atoms with van der Waals surface area (Å²) in [6.07, 6.45) is 0. The maximum atomic E-state index is 2.47. The Labute approximate surface area is 116 Å². The standard InChI is InChI=1S/C18H23N/c1-14(2)19(15(3)4)18-13-9-8-12-17(18)16-10-6-5-7-11-16/h5-15H,1-4H3. The second kappa shape index (κ2) is 5.92. The molecule has 0 saturated carbocycles. The summed E-state index contributed by atoms with van der Waals surface area (Å²) in [4.78, 5) is 2.47. The van der Waals surface area contributed by atoms with Crippen LogP contribution in [0, 0.1) is 0 Å². The third-order valence-corrected chi connectivity index (χ3v) is 3.38. The highest BCUT2D eigenvalue weighted by molar-refractivity contribution is 5.79. The molecule has 0 aromatic heterocycles. The highest BCUT2D eigenvalue weighted by Gasteiger charge is 2.17. The number of nitrogens with zero attached hydrogens (tertiary/aromatic N) is 1. The van der Waals surface area contributed by atoms with Gasteiger partial charge >= 0.3 is 0 Å². The lowest BCUT2D eigenvalue weighted by molar-refractivity contribution is 0.609. The average Bonchev–Trinajstić information content (AvgIpc) is 2.39. The Morgan fingerprint density at radius 2 is 1.21 bits per heavy atom. The zero-order valence-corrected chi connectivity index (χ0v) is 12.3. The summed E-state index contributed by atoms with van der Waals surface area (Å²) in [7, 11) is 0. The van der Waals surface area contributed by atoms with Gasteiger partial charge in [-0.25, -0.2) is 0 Å². The van der Waals surface area contributed by atoms with Crippen molar-refractivity contribution in [2.24, 2.45) is 0 Å². The first-order valence-corrected chi connectivity index (χ1v) is 7.04. The molecule has 0 aliphatic rings. The molecule has 100 valence electrons. The lowest BCUT2D eigenvalue weighted by atomic mass is 10.0. The minimum Gasteiger partial charge on any atom is -0.366 e. The number of hydrogen-bond acceptors (Lipinski definition) is 1. The van der Waals surface area contributed by atoms with E-state index in [9.17, 15) is 0 Å². The molecule has 0 bridgehead atoms. The van der Waals surface area contributed by atoms with Gasteiger partial charge in [0.1, 0.15) is 0 Å². The second-order valence-corrected chi connectivity index (χ2v) is 5.48. The third kappa shape index (κ3) is 2.98. The lowest BCUT2D eigenvalue weighted by Gasteiger charge is -2.34. The Kier molecular flexibility index (Phi) is 4.26. The molecule has 2 aromatic carbocycles. The molecule has 1 nitrogen and oxygen atoms in total. The van der Waals surface area contributed by atoms with E-state index in [4.69, 9.17) is 0 Å². The van der Waals surface area contributed by atoms with Crippen LogP contribution >= 0.6 is 0 Å². The van der Waals surface area contributed by atoms with Crippen LogP contribution in [0.3, 0.4) is 0 Å². The van der Waals surface area contributed by atoms with Gasteiger partial charge in [-0.1, -0.05) is 48.5 Å². The van der Waals surface area contributed by atoms with Gasteiger partial charge in [-0.2, -0.15) is 0 Å². The van der Waals surface area contributed by atoms with E-state index in [2.05, 4.69) is 87.2 Å². The number of hydrogen-bond donors (Lipinski definition) is 0. The number of para-hydroxylation sites is 1. The second-order valence-electron chi connectivity index (χ2n) is 5.48. The fourth-order valence-corrected chi connectivity index (χ4v) is 2.71. The maximum absolute atomic E-state index is 2.47. The molecule has 0 atom stereocenters. The monoisotopic (exact) mass is 253 g/mol. The van der Waals surface area contributed by atoms with E-state index < -0.39 is 0 Å². The van der Waals surface area contributed by atoms with Crippen LogP contribution in [0.15, 0.2) is 54.6 Å². The van der Waals surface area contributed by atoms with Crippen LogP contribution in [0.4, 0.5) is 5.69 Å². The molecule has 0 aliphatic heterocycles. The van der Waals surface area contributed by atoms with Crippen molar-refractivity contribution >= 4 is 5.69 Å². The molecule has 1 heteroatoms. The summed E-state index contributed by atoms with van der Waals surface area (Å²) in [5.74, 6) is 0. The SMILES string of the molecule is CC(C)N(c1ccccc1-c1ccccc1)C(C)C. The summed E-state index contributed by atoms with van der Waals surface area (Å²) in [5.41, 5.74) is 3.91. The molecule has 0 heterocycles. The molecular weight excluding hydrogens is 230 g/mol. The van der Waals surface area contributed by atoms with Crippen LogP contribution < -0.4 is 4.90 Å². The molecule has 19 heavy (non-hydrogen) atoms. The Morgan fingerprint density at radius 1 is 0.684 bits per heavy atom. The quantitative estimate of drug-likeness (QED) is 0.743. The van der Waals surface area contributed by atoms with Gasteiger partial charge in [0.05, 0.1) is 0 Å². The third-order valence-electron chi connectivity index (χ3n) is 3.38. The van der Waals surface area contributed by atoms with Crippen molar-refractivity contribution in [3.8, 4) is 11.1 Å². The van der Waals surface area contributed by atoms with Crippen LogP contribution in [0.5, 0.6) is 0 Å². The van der Waals surface area contributed by atoms with Gasteiger partial charge in [-0.3, -0.25) is 0 Å². The molecule has 0 aliphatic carbocycles. The van der Waals surface area contributed by atoms with Gasteiger partial charge in [-0.05, 0) is 39.3 Å². The van der Waals surface area contributed by atoms with E-state index in [1.807, 2.05) is 0 Å². The van der Waals surface area contributed by atoms with Crippen LogP contribution in [0.2, 0.25) is 0 Å². The summed E-state index contributed by atoms with van der Waals surface area (Å²) in [5, 5.41) is 0. The molecule has 0 amide bonds. The summed E-state index contributed by atoms with van der Waals surface area (Å²) >= 11 is 0. The van der Waals surface area contributed by atoms with Gasteiger partial charge < -0.3 is 4.90 Å². The Morgan fingerprint density at radius 3 is 1.79 bits per heavy atom. The predicted molar refractivity (Wildman–Crippen MR) is 84.6 cm³/mol. The van der Waals surface area contributed by atoms with Gasteiger partial charge in [0.15, 0.2) is 0 Å². The highest BCUT2D eigenvalue weighted by atomic mass is 15.2. The Balaban J connectivity index is 2.52. The minimum absolute atomic E-state index is 0.491. The van der Waals surface area contributed by atoms with Crippen molar-refractivity contribution in [3.05, 3.63) is 54.6 Å². The van der Waals surface area contributed by atoms with Crippen molar-refractivity contribution in [3.63, 3.8) is 0 Å². The van der Waals surface area contributed by atoms with Gasteiger partial charge in [0, 0.05) is 23.3 Å². The molecule has 0 fully saturated rings. The first kappa shape index (κ1) is 13.7. The van der Waals surface area contributed by atoms with Crippen molar-refractivity contribution in [2.45, 2.75) is 39.8 Å². The van der Waals surface area contributed by atoms with Crippen molar-refractivity contribution in [1.29, 1.82) is 0 Å². The zero-order valence-electron chi connectivity index (χ0n) is 12.3. The average molecular weight is 253 g/mol. The molecular formula is C18H23N. The molecule has 0 radical (unpaired) electrons. The van der Waals surface area contributed by atoms with E-state index in [1.165, 1.54) is 16.8 Å². The first-order chi connectivity index (χ1) is 9.11. The molecule has 0 spiro atoms. The zero-order chi connectivity index (χ0) is 13.8. The summed E-state index contributed by atoms with van der Waals surface area (Å²) < 4.78 is 0. The van der Waals surface area contributed by atoms with E-state index in [-0.39, 0.29) is 0 Å². The predicted octanol–water partition coefficient (Wildman–Crippen LogP) is 4.98. The van der Waals surface area contributed by atoms with Crippen molar-refractivity contribution in [1.82, 2.24) is 0 Å². The first-order valence-electron chi connectivity index (χ1n) is 7.04. The number of rotatable bonds is 4. The summed E-state index contributed by atoms with van der Waals surface area (Å²) in [6.45, 7) is 9.01. The Hall–Kier alpha value is -1.76. The highest BCUT2D eigenvalue weighted by Crippen LogP contribution is 2.32. The Bertz CT molecular complexity index is 506. The van der Waals surface area contributed by atoms with E-state index in [1.54, 1.807) is 0 Å². The fourth-order valence-electron chi connectivity index (χ4n) is 2.71. The largest absolute Gasteiger partial charge is 0.366 e. The maximum Gasteiger partial charge on any atom is 0.0450 e. The van der Waals surface area contributed by atoms with Crippen molar-refractivity contribution < 1.29 is 0 Å². The molecule has 0 saturated heterocycles. The van der Waals surface area contributed by atoms with Crippen LogP contribution in [-0.4, -0.2) is 12.1 Å². The number of benzene rings is 2. The number of anilines is 1. The topological polar surface area (TPSA) is 3.24 Å². The van der Waals surface area contributed by atoms with Crippen LogP contribution in [0.25, 0.3) is 11.1 Å². The smallest absolute Gasteiger partial charge is 0.0450 e. The van der Waals surface area contributed by atoms with Crippen LogP contribution in [0.1, 0.15) is 27.7 Å². The molecule has 0 N–H and O–H groups in total.